The van der Waals surface area contributed by atoms with E-state index in [9.17, 15) is 21.4 Å². The van der Waals surface area contributed by atoms with Gasteiger partial charge in [0.15, 0.2) is 0 Å². The van der Waals surface area contributed by atoms with Crippen LogP contribution in [0.25, 0.3) is 11.1 Å². The zero-order chi connectivity index (χ0) is 36.2. The molecule has 0 saturated carbocycles. The predicted octanol–water partition coefficient (Wildman–Crippen LogP) is 9.11. The van der Waals surface area contributed by atoms with Gasteiger partial charge in [-0.25, -0.2) is 8.42 Å². The Morgan fingerprint density at radius 2 is 1.02 bits per heavy atom. The second-order valence-electron chi connectivity index (χ2n) is 11.2. The molecule has 0 radical (unpaired) electrons. The fourth-order valence-electron chi connectivity index (χ4n) is 5.07. The second kappa shape index (κ2) is 14.4. The molecule has 0 amide bonds. The highest BCUT2D eigenvalue weighted by atomic mass is 32.2. The van der Waals surface area contributed by atoms with Gasteiger partial charge in [-0.1, -0.05) is 36.3 Å². The van der Waals surface area contributed by atoms with E-state index >= 15 is 0 Å². The Labute approximate surface area is 296 Å². The van der Waals surface area contributed by atoms with Crippen LogP contribution in [-0.4, -0.2) is 28.5 Å². The number of benzene rings is 6. The molecule has 51 heavy (non-hydrogen) atoms. The molecular formula is C40H30O9S2. The first kappa shape index (κ1) is 34.8. The fraction of sp³-hybridized carbons (Fsp3) is 0.0500. The number of hydrogen-bond acceptors (Lipinski definition) is 8. The van der Waals surface area contributed by atoms with Gasteiger partial charge in [0.05, 0.1) is 22.5 Å². The van der Waals surface area contributed by atoms with Gasteiger partial charge >= 0.3 is 0 Å². The average molecular weight is 719 g/mol. The molecule has 6 rings (SSSR count). The Hall–Kier alpha value is -6.06. The van der Waals surface area contributed by atoms with Gasteiger partial charge in [0.2, 0.25) is 9.84 Å². The van der Waals surface area contributed by atoms with E-state index < -0.39 is 24.9 Å². The molecule has 6 aromatic carbocycles. The zero-order valence-electron chi connectivity index (χ0n) is 27.3. The number of sulfone groups is 1. The van der Waals surface area contributed by atoms with Crippen LogP contribution in [0.2, 0.25) is 0 Å². The van der Waals surface area contributed by atoms with Crippen LogP contribution in [0, 0.1) is 19.3 Å². The summed E-state index contributed by atoms with van der Waals surface area (Å²) in [6.07, 6.45) is 5.56. The Bertz CT molecular complexity index is 2450. The Morgan fingerprint density at radius 3 is 1.53 bits per heavy atom. The van der Waals surface area contributed by atoms with E-state index in [1.807, 2.05) is 61.5 Å². The molecule has 1 N–H and O–H groups in total. The van der Waals surface area contributed by atoms with Crippen molar-refractivity contribution in [3.05, 3.63) is 145 Å². The molecule has 0 aromatic heterocycles. The highest BCUT2D eigenvalue weighted by Crippen LogP contribution is 2.36. The summed E-state index contributed by atoms with van der Waals surface area (Å²) in [4.78, 5) is -0.523. The lowest BCUT2D eigenvalue weighted by atomic mass is 10.1. The number of terminal acetylenes is 1. The van der Waals surface area contributed by atoms with E-state index in [0.29, 0.717) is 22.8 Å². The minimum atomic E-state index is -4.75. The SMILES string of the molecule is C#Cc1ccc(C)cc1Oc1ccc(Oc2ccc(S(=O)(=O)c3ccc(Oc4ccc(-c5ccc(OC)cc5)cc4)cc3)cc2)c(S(=O)(=O)O)c1. The predicted molar refractivity (Wildman–Crippen MR) is 192 cm³/mol. The molecule has 11 heteroatoms. The van der Waals surface area contributed by atoms with Crippen molar-refractivity contribution < 1.29 is 40.3 Å². The van der Waals surface area contributed by atoms with Crippen molar-refractivity contribution in [3.63, 3.8) is 0 Å². The third kappa shape index (κ3) is 8.06. The molecule has 0 bridgehead atoms. The van der Waals surface area contributed by atoms with E-state index in [2.05, 4.69) is 5.92 Å². The summed E-state index contributed by atoms with van der Waals surface area (Å²) in [7, 11) is -7.06. The standard InChI is InChI=1S/C40H30O9S2/c1-4-28-6-5-27(2)25-39(28)49-35-19-24-38(40(26-35)51(43,44)45)48-34-17-22-37(23-18-34)50(41,42)36-20-15-33(16-21-36)47-32-13-9-30(10-14-32)29-7-11-31(46-3)12-8-29/h1,5-26H,2-3H3,(H,43,44,45). The zero-order valence-corrected chi connectivity index (χ0v) is 28.9. The molecule has 0 spiro atoms. The quantitative estimate of drug-likeness (QED) is 0.103. The summed E-state index contributed by atoms with van der Waals surface area (Å²) in [6, 6.07) is 35.8. The van der Waals surface area contributed by atoms with Crippen LogP contribution >= 0.6 is 0 Å². The molecule has 0 aliphatic heterocycles. The maximum atomic E-state index is 13.4. The molecule has 256 valence electrons. The molecule has 9 nitrogen and oxygen atoms in total. The van der Waals surface area contributed by atoms with Crippen molar-refractivity contribution in [2.45, 2.75) is 21.6 Å². The lowest BCUT2D eigenvalue weighted by molar-refractivity contribution is 0.415. The average Bonchev–Trinajstić information content (AvgIpc) is 3.13. The molecule has 0 unspecified atom stereocenters. The first-order valence-corrected chi connectivity index (χ1v) is 18.3. The summed E-state index contributed by atoms with van der Waals surface area (Å²) in [5.41, 5.74) is 3.36. The van der Waals surface area contributed by atoms with Gasteiger partial charge in [-0.3, -0.25) is 4.55 Å². The van der Waals surface area contributed by atoms with Gasteiger partial charge in [0.1, 0.15) is 45.1 Å². The topological polar surface area (TPSA) is 125 Å². The van der Waals surface area contributed by atoms with Gasteiger partial charge in [-0.2, -0.15) is 8.42 Å². The highest BCUT2D eigenvalue weighted by Gasteiger charge is 2.21. The Balaban J connectivity index is 1.14. The number of ether oxygens (including phenoxy) is 4. The van der Waals surface area contributed by atoms with Crippen molar-refractivity contribution in [3.8, 4) is 63.7 Å². The van der Waals surface area contributed by atoms with Crippen LogP contribution in [-0.2, 0) is 20.0 Å². The van der Waals surface area contributed by atoms with Crippen LogP contribution in [0.4, 0.5) is 0 Å². The third-order valence-corrected chi connectivity index (χ3v) is 10.4. The van der Waals surface area contributed by atoms with Gasteiger partial charge < -0.3 is 18.9 Å². The monoisotopic (exact) mass is 718 g/mol. The maximum Gasteiger partial charge on any atom is 0.298 e. The van der Waals surface area contributed by atoms with Crippen LogP contribution in [0.3, 0.4) is 0 Å². The molecule has 0 saturated heterocycles. The molecule has 0 aliphatic rings. The number of methoxy groups -OCH3 is 1. The normalized spacial score (nSPS) is 11.3. The molecule has 0 aliphatic carbocycles. The lowest BCUT2D eigenvalue weighted by Crippen LogP contribution is -2.03. The highest BCUT2D eigenvalue weighted by molar-refractivity contribution is 7.91. The van der Waals surface area contributed by atoms with Gasteiger partial charge in [-0.15, -0.1) is 6.42 Å². The first-order chi connectivity index (χ1) is 24.4. The van der Waals surface area contributed by atoms with Crippen LogP contribution in [0.1, 0.15) is 11.1 Å². The molecular weight excluding hydrogens is 689 g/mol. The maximum absolute atomic E-state index is 13.4. The summed E-state index contributed by atoms with van der Waals surface area (Å²) in [6.45, 7) is 1.85. The van der Waals surface area contributed by atoms with Crippen LogP contribution in [0.5, 0.6) is 40.2 Å². The minimum absolute atomic E-state index is 0.0149. The van der Waals surface area contributed by atoms with Gasteiger partial charge in [0, 0.05) is 6.07 Å². The minimum Gasteiger partial charge on any atom is -0.497 e. The van der Waals surface area contributed by atoms with Crippen molar-refractivity contribution in [1.82, 2.24) is 0 Å². The fourth-order valence-corrected chi connectivity index (χ4v) is 6.96. The smallest absolute Gasteiger partial charge is 0.298 e. The van der Waals surface area contributed by atoms with Gasteiger partial charge in [0.25, 0.3) is 10.1 Å². The molecule has 0 fully saturated rings. The van der Waals surface area contributed by atoms with Crippen molar-refractivity contribution in [1.29, 1.82) is 0 Å². The van der Waals surface area contributed by atoms with Gasteiger partial charge in [-0.05, 0) is 121 Å². The summed E-state index contributed by atoms with van der Waals surface area (Å²) in [5, 5.41) is 0. The molecule has 0 atom stereocenters. The summed E-state index contributed by atoms with van der Waals surface area (Å²) in [5.74, 6) is 4.68. The molecule has 6 aromatic rings. The van der Waals surface area contributed by atoms with E-state index in [0.717, 1.165) is 28.5 Å². The molecule has 0 heterocycles. The summed E-state index contributed by atoms with van der Waals surface area (Å²) >= 11 is 0. The number of rotatable bonds is 11. The van der Waals surface area contributed by atoms with Crippen molar-refractivity contribution in [2.75, 3.05) is 7.11 Å². The van der Waals surface area contributed by atoms with E-state index in [-0.39, 0.29) is 27.0 Å². The van der Waals surface area contributed by atoms with Crippen LogP contribution in [0.15, 0.2) is 148 Å². The van der Waals surface area contributed by atoms with Crippen molar-refractivity contribution in [2.24, 2.45) is 0 Å². The first-order valence-electron chi connectivity index (χ1n) is 15.3. The third-order valence-electron chi connectivity index (χ3n) is 7.72. The Kier molecular flexibility index (Phi) is 9.84. The Morgan fingerprint density at radius 1 is 0.549 bits per heavy atom. The summed E-state index contributed by atoms with van der Waals surface area (Å²) < 4.78 is 84.0. The number of hydrogen-bond donors (Lipinski definition) is 1. The van der Waals surface area contributed by atoms with Crippen LogP contribution < -0.4 is 18.9 Å². The number of aryl methyl sites for hydroxylation is 1. The lowest BCUT2D eigenvalue weighted by Gasteiger charge is -2.13. The second-order valence-corrected chi connectivity index (χ2v) is 14.6. The van der Waals surface area contributed by atoms with E-state index in [1.54, 1.807) is 31.4 Å². The largest absolute Gasteiger partial charge is 0.497 e. The van der Waals surface area contributed by atoms with E-state index in [4.69, 9.17) is 25.4 Å². The van der Waals surface area contributed by atoms with Crippen molar-refractivity contribution >= 4 is 20.0 Å². The van der Waals surface area contributed by atoms with E-state index in [1.165, 1.54) is 48.5 Å².